The van der Waals surface area contributed by atoms with Gasteiger partial charge in [-0.2, -0.15) is 8.42 Å². The number of hydrogen-bond acceptors (Lipinski definition) is 2. The lowest BCUT2D eigenvalue weighted by molar-refractivity contribution is 0.482. The highest BCUT2D eigenvalue weighted by Crippen LogP contribution is 2.38. The molecular weight excluding hydrogens is 332 g/mol. The van der Waals surface area contributed by atoms with Crippen molar-refractivity contribution in [3.8, 4) is 0 Å². The van der Waals surface area contributed by atoms with Crippen LogP contribution in [0.4, 0.5) is 0 Å². The van der Waals surface area contributed by atoms with E-state index < -0.39 is 10.1 Å². The SMILES string of the molecule is CCCc1ccc2c(C(C)CCC)c(CC)c(S(=O)(=O)O)cc2c1C. The smallest absolute Gasteiger partial charge is 0.282 e. The van der Waals surface area contributed by atoms with E-state index >= 15 is 0 Å². The normalized spacial score (nSPS) is 13.4. The zero-order valence-corrected chi connectivity index (χ0v) is 16.8. The third kappa shape index (κ3) is 3.90. The lowest BCUT2D eigenvalue weighted by Gasteiger charge is -2.22. The maximum Gasteiger partial charge on any atom is 0.294 e. The van der Waals surface area contributed by atoms with Gasteiger partial charge in [-0.25, -0.2) is 0 Å². The number of benzene rings is 2. The van der Waals surface area contributed by atoms with Crippen LogP contribution in [0.2, 0.25) is 0 Å². The second-order valence-corrected chi connectivity index (χ2v) is 8.37. The largest absolute Gasteiger partial charge is 0.294 e. The van der Waals surface area contributed by atoms with Crippen LogP contribution in [0.15, 0.2) is 23.1 Å². The summed E-state index contributed by atoms with van der Waals surface area (Å²) in [4.78, 5) is 0.0807. The Balaban J connectivity index is 2.96. The zero-order chi connectivity index (χ0) is 18.8. The summed E-state index contributed by atoms with van der Waals surface area (Å²) in [5, 5.41) is 2.08. The molecule has 1 N–H and O–H groups in total. The summed E-state index contributed by atoms with van der Waals surface area (Å²) in [5.41, 5.74) is 4.21. The van der Waals surface area contributed by atoms with E-state index in [4.69, 9.17) is 0 Å². The van der Waals surface area contributed by atoms with Gasteiger partial charge in [-0.3, -0.25) is 4.55 Å². The van der Waals surface area contributed by atoms with Gasteiger partial charge in [0.2, 0.25) is 0 Å². The first-order valence-corrected chi connectivity index (χ1v) is 10.8. The van der Waals surface area contributed by atoms with E-state index in [1.165, 1.54) is 5.56 Å². The first-order valence-electron chi connectivity index (χ1n) is 9.31. The zero-order valence-electron chi connectivity index (χ0n) is 16.0. The molecule has 3 nitrogen and oxygen atoms in total. The quantitative estimate of drug-likeness (QED) is 0.632. The molecule has 2 aromatic rings. The third-order valence-electron chi connectivity index (χ3n) is 5.18. The van der Waals surface area contributed by atoms with E-state index in [0.29, 0.717) is 6.42 Å². The summed E-state index contributed by atoms with van der Waals surface area (Å²) in [6, 6.07) is 6.00. The molecule has 25 heavy (non-hydrogen) atoms. The molecule has 2 rings (SSSR count). The molecule has 0 fully saturated rings. The van der Waals surface area contributed by atoms with Gasteiger partial charge >= 0.3 is 0 Å². The van der Waals surface area contributed by atoms with Crippen molar-refractivity contribution in [1.82, 2.24) is 0 Å². The number of rotatable bonds is 7. The van der Waals surface area contributed by atoms with E-state index in [2.05, 4.69) is 39.8 Å². The highest BCUT2D eigenvalue weighted by molar-refractivity contribution is 7.85. The monoisotopic (exact) mass is 362 g/mol. The average molecular weight is 363 g/mol. The molecule has 0 aliphatic heterocycles. The first-order chi connectivity index (χ1) is 11.8. The molecular formula is C21H30O3S. The minimum atomic E-state index is -4.25. The van der Waals surface area contributed by atoms with Crippen LogP contribution in [0.5, 0.6) is 0 Å². The van der Waals surface area contributed by atoms with E-state index in [1.54, 1.807) is 6.07 Å². The predicted octanol–water partition coefficient (Wildman–Crippen LogP) is 5.81. The van der Waals surface area contributed by atoms with Crippen LogP contribution in [0.1, 0.15) is 75.1 Å². The van der Waals surface area contributed by atoms with Crippen LogP contribution in [0.25, 0.3) is 10.8 Å². The van der Waals surface area contributed by atoms with Crippen molar-refractivity contribution in [2.75, 3.05) is 0 Å². The lowest BCUT2D eigenvalue weighted by Crippen LogP contribution is -2.09. The minimum absolute atomic E-state index is 0.0807. The van der Waals surface area contributed by atoms with Crippen molar-refractivity contribution < 1.29 is 13.0 Å². The Morgan fingerprint density at radius 2 is 1.76 bits per heavy atom. The topological polar surface area (TPSA) is 54.4 Å². The second-order valence-electron chi connectivity index (χ2n) is 6.98. The Bertz CT molecular complexity index is 867. The van der Waals surface area contributed by atoms with Gasteiger partial charge in [0.15, 0.2) is 0 Å². The van der Waals surface area contributed by atoms with Crippen molar-refractivity contribution in [2.24, 2.45) is 0 Å². The summed E-state index contributed by atoms with van der Waals surface area (Å²) in [6.45, 7) is 10.4. The molecule has 0 aromatic heterocycles. The molecule has 4 heteroatoms. The standard InChI is InChI=1S/C21H30O3S/c1-6-9-14(4)21-17(8-3)20(25(22,23)24)13-19-15(5)16(10-7-2)11-12-18(19)21/h11-14H,6-10H2,1-5H3,(H,22,23,24). The molecule has 0 amide bonds. The summed E-state index contributed by atoms with van der Waals surface area (Å²) >= 11 is 0. The van der Waals surface area contributed by atoms with Crippen molar-refractivity contribution in [1.29, 1.82) is 0 Å². The molecule has 1 unspecified atom stereocenters. The van der Waals surface area contributed by atoms with Crippen molar-refractivity contribution in [3.05, 3.63) is 40.5 Å². The van der Waals surface area contributed by atoms with E-state index in [9.17, 15) is 13.0 Å². The Labute approximate surface area is 152 Å². The van der Waals surface area contributed by atoms with Crippen molar-refractivity contribution >= 4 is 20.9 Å². The van der Waals surface area contributed by atoms with Crippen LogP contribution in [0, 0.1) is 6.92 Å². The van der Waals surface area contributed by atoms with Crippen molar-refractivity contribution in [2.45, 2.75) is 77.5 Å². The molecule has 0 radical (unpaired) electrons. The summed E-state index contributed by atoms with van der Waals surface area (Å²) < 4.78 is 34.0. The van der Waals surface area contributed by atoms with Crippen LogP contribution in [-0.2, 0) is 23.0 Å². The van der Waals surface area contributed by atoms with Crippen LogP contribution in [-0.4, -0.2) is 13.0 Å². The lowest BCUT2D eigenvalue weighted by atomic mass is 9.84. The maximum absolute atomic E-state index is 12.1. The molecule has 0 aliphatic rings. The van der Waals surface area contributed by atoms with Gasteiger partial charge < -0.3 is 0 Å². The maximum atomic E-state index is 12.1. The highest BCUT2D eigenvalue weighted by atomic mass is 32.2. The third-order valence-corrected chi connectivity index (χ3v) is 6.10. The van der Waals surface area contributed by atoms with Gasteiger partial charge in [-0.15, -0.1) is 0 Å². The molecule has 1 atom stereocenters. The Kier molecular flexibility index (Phi) is 6.28. The fourth-order valence-corrected chi connectivity index (χ4v) is 4.82. The summed E-state index contributed by atoms with van der Waals surface area (Å²) in [7, 11) is -4.25. The molecule has 0 spiro atoms. The summed E-state index contributed by atoms with van der Waals surface area (Å²) in [6.07, 6.45) is 4.63. The fraction of sp³-hybridized carbons (Fsp3) is 0.524. The van der Waals surface area contributed by atoms with E-state index in [-0.39, 0.29) is 10.8 Å². The van der Waals surface area contributed by atoms with E-state index in [0.717, 1.165) is 53.1 Å². The van der Waals surface area contributed by atoms with Gasteiger partial charge in [-0.1, -0.05) is 52.7 Å². The molecule has 0 saturated heterocycles. The van der Waals surface area contributed by atoms with Crippen LogP contribution in [0.3, 0.4) is 0 Å². The number of hydrogen-bond donors (Lipinski definition) is 1. The molecule has 0 aliphatic carbocycles. The Hall–Kier alpha value is -1.39. The Morgan fingerprint density at radius 3 is 2.28 bits per heavy atom. The number of aryl methyl sites for hydroxylation is 2. The van der Waals surface area contributed by atoms with Gasteiger partial charge in [0, 0.05) is 0 Å². The molecule has 138 valence electrons. The van der Waals surface area contributed by atoms with Gasteiger partial charge in [-0.05, 0) is 71.2 Å². The molecule has 0 heterocycles. The molecule has 2 aromatic carbocycles. The van der Waals surface area contributed by atoms with Crippen molar-refractivity contribution in [3.63, 3.8) is 0 Å². The van der Waals surface area contributed by atoms with Gasteiger partial charge in [0.1, 0.15) is 0 Å². The minimum Gasteiger partial charge on any atom is -0.282 e. The average Bonchev–Trinajstić information content (AvgIpc) is 2.55. The van der Waals surface area contributed by atoms with Crippen LogP contribution >= 0.6 is 0 Å². The highest BCUT2D eigenvalue weighted by Gasteiger charge is 2.24. The fourth-order valence-electron chi connectivity index (χ4n) is 3.98. The van der Waals surface area contributed by atoms with Gasteiger partial charge in [0.25, 0.3) is 10.1 Å². The molecule has 0 bridgehead atoms. The Morgan fingerprint density at radius 1 is 1.08 bits per heavy atom. The first kappa shape index (κ1) is 19.9. The summed E-state index contributed by atoms with van der Waals surface area (Å²) in [5.74, 6) is 0.251. The van der Waals surface area contributed by atoms with E-state index in [1.807, 2.05) is 6.92 Å². The predicted molar refractivity (Wildman–Crippen MR) is 105 cm³/mol. The van der Waals surface area contributed by atoms with Gasteiger partial charge in [0.05, 0.1) is 4.90 Å². The second kappa shape index (κ2) is 7.88. The number of fused-ring (bicyclic) bond motifs is 1. The molecule has 0 saturated carbocycles. The van der Waals surface area contributed by atoms with Crippen LogP contribution < -0.4 is 0 Å².